The summed E-state index contributed by atoms with van der Waals surface area (Å²) in [6, 6.07) is 4.60. The van der Waals surface area contributed by atoms with E-state index >= 15 is 0 Å². The second kappa shape index (κ2) is 7.51. The van der Waals surface area contributed by atoms with Gasteiger partial charge in [-0.15, -0.1) is 0 Å². The van der Waals surface area contributed by atoms with Gasteiger partial charge in [0.1, 0.15) is 5.02 Å². The molecule has 0 saturated carbocycles. The minimum absolute atomic E-state index is 0.0189. The van der Waals surface area contributed by atoms with Crippen LogP contribution >= 0.6 is 11.6 Å². The summed E-state index contributed by atoms with van der Waals surface area (Å²) >= 11 is 6.09. The number of nitrogens with one attached hydrogen (secondary N) is 1. The molecule has 1 N–H and O–H groups in total. The highest BCUT2D eigenvalue weighted by atomic mass is 35.5. The number of nitrogens with zero attached hydrogens (tertiary/aromatic N) is 5. The Morgan fingerprint density at radius 3 is 2.83 bits per heavy atom. The van der Waals surface area contributed by atoms with Gasteiger partial charge < -0.3 is 4.90 Å². The predicted octanol–water partition coefficient (Wildman–Crippen LogP) is 2.73. The third-order valence-electron chi connectivity index (χ3n) is 4.59. The molecular weight excluding hydrogens is 409 g/mol. The fraction of sp³-hybridized carbons (Fsp3) is 0.333. The first kappa shape index (κ1) is 19.4. The standard InChI is InChI=1S/C18H16ClF3N6O/c19-16-15(7-23-25-17(16)29)27-5-4-14-11(8-27)9-28(26-14)10-13-3-1-2-12(24-13)6-18(20,21)22/h1-3,7,9H,4-6,8,10H2,(H,25,29). The Morgan fingerprint density at radius 2 is 2.03 bits per heavy atom. The number of H-pyrrole nitrogens is 1. The van der Waals surface area contributed by atoms with Gasteiger partial charge in [-0.1, -0.05) is 17.7 Å². The van der Waals surface area contributed by atoms with E-state index in [4.69, 9.17) is 11.6 Å². The van der Waals surface area contributed by atoms with Gasteiger partial charge in [-0.2, -0.15) is 23.4 Å². The van der Waals surface area contributed by atoms with Crippen molar-refractivity contribution in [1.29, 1.82) is 0 Å². The molecule has 0 radical (unpaired) electrons. The van der Waals surface area contributed by atoms with E-state index in [0.29, 0.717) is 30.9 Å². The Kier molecular flexibility index (Phi) is 5.03. The number of hydrogen-bond donors (Lipinski definition) is 1. The van der Waals surface area contributed by atoms with Crippen molar-refractivity contribution in [3.05, 3.63) is 68.6 Å². The number of fused-ring (bicyclic) bond motifs is 1. The lowest BCUT2D eigenvalue weighted by molar-refractivity contribution is -0.127. The number of rotatable bonds is 4. The molecule has 0 atom stereocenters. The lowest BCUT2D eigenvalue weighted by Gasteiger charge is -2.28. The summed E-state index contributed by atoms with van der Waals surface area (Å²) in [5, 5.41) is 10.7. The molecule has 1 aliphatic heterocycles. The molecule has 11 heteroatoms. The zero-order valence-electron chi connectivity index (χ0n) is 15.1. The average Bonchev–Trinajstić information content (AvgIpc) is 3.04. The summed E-state index contributed by atoms with van der Waals surface area (Å²) in [6.45, 7) is 1.39. The molecule has 0 aliphatic carbocycles. The largest absolute Gasteiger partial charge is 0.394 e. The first-order valence-corrected chi connectivity index (χ1v) is 9.21. The molecule has 4 heterocycles. The quantitative estimate of drug-likeness (QED) is 0.696. The van der Waals surface area contributed by atoms with Crippen LogP contribution in [0.3, 0.4) is 0 Å². The van der Waals surface area contributed by atoms with E-state index in [9.17, 15) is 18.0 Å². The van der Waals surface area contributed by atoms with Crippen LogP contribution in [0.4, 0.5) is 18.9 Å². The van der Waals surface area contributed by atoms with Crippen LogP contribution in [0, 0.1) is 0 Å². The van der Waals surface area contributed by atoms with Crippen LogP contribution in [-0.4, -0.2) is 37.7 Å². The molecule has 7 nitrogen and oxygen atoms in total. The summed E-state index contributed by atoms with van der Waals surface area (Å²) in [6.07, 6.45) is -1.36. The molecule has 0 bridgehead atoms. The van der Waals surface area contributed by atoms with Crippen molar-refractivity contribution in [3.63, 3.8) is 0 Å². The molecule has 3 aromatic rings. The van der Waals surface area contributed by atoms with Crippen molar-refractivity contribution in [1.82, 2.24) is 25.0 Å². The highest BCUT2D eigenvalue weighted by Gasteiger charge is 2.28. The smallest absolute Gasteiger partial charge is 0.364 e. The second-order valence-corrected chi connectivity index (χ2v) is 7.16. The minimum Gasteiger partial charge on any atom is -0.364 e. The maximum atomic E-state index is 12.6. The number of aromatic amines is 1. The third kappa shape index (κ3) is 4.42. The topological polar surface area (TPSA) is 79.7 Å². The molecule has 0 amide bonds. The van der Waals surface area contributed by atoms with Crippen LogP contribution in [-0.2, 0) is 25.9 Å². The van der Waals surface area contributed by atoms with Gasteiger partial charge in [-0.3, -0.25) is 14.5 Å². The summed E-state index contributed by atoms with van der Waals surface area (Å²) in [4.78, 5) is 17.7. The highest BCUT2D eigenvalue weighted by molar-refractivity contribution is 6.32. The Balaban J connectivity index is 1.51. The zero-order valence-corrected chi connectivity index (χ0v) is 15.8. The van der Waals surface area contributed by atoms with E-state index in [2.05, 4.69) is 20.3 Å². The Labute approximate surface area is 168 Å². The lowest BCUT2D eigenvalue weighted by Crippen LogP contribution is -2.31. The van der Waals surface area contributed by atoms with Gasteiger partial charge >= 0.3 is 6.18 Å². The second-order valence-electron chi connectivity index (χ2n) is 6.78. The first-order valence-electron chi connectivity index (χ1n) is 8.83. The van der Waals surface area contributed by atoms with Crippen LogP contribution < -0.4 is 10.5 Å². The molecule has 0 saturated heterocycles. The zero-order chi connectivity index (χ0) is 20.6. The van der Waals surface area contributed by atoms with E-state index in [-0.39, 0.29) is 17.3 Å². The molecule has 0 fully saturated rings. The number of halogens is 4. The molecule has 0 unspecified atom stereocenters. The van der Waals surface area contributed by atoms with Gasteiger partial charge in [-0.05, 0) is 12.1 Å². The average molecular weight is 425 g/mol. The van der Waals surface area contributed by atoms with E-state index in [1.807, 2.05) is 11.1 Å². The van der Waals surface area contributed by atoms with Gasteiger partial charge in [0, 0.05) is 37.0 Å². The van der Waals surface area contributed by atoms with Crippen LogP contribution in [0.15, 0.2) is 35.4 Å². The lowest BCUT2D eigenvalue weighted by atomic mass is 10.1. The van der Waals surface area contributed by atoms with Gasteiger partial charge in [0.25, 0.3) is 5.56 Å². The summed E-state index contributed by atoms with van der Waals surface area (Å²) < 4.78 is 39.4. The maximum absolute atomic E-state index is 12.6. The predicted molar refractivity (Wildman–Crippen MR) is 99.9 cm³/mol. The molecule has 3 aromatic heterocycles. The molecular formula is C18H16ClF3N6O. The van der Waals surface area contributed by atoms with E-state index in [0.717, 1.165) is 11.3 Å². The SMILES string of the molecule is O=c1[nH]ncc(N2CCc3nn(Cc4cccc(CC(F)(F)F)n4)cc3C2)c1Cl. The fourth-order valence-electron chi connectivity index (χ4n) is 3.34. The van der Waals surface area contributed by atoms with Crippen molar-refractivity contribution in [2.45, 2.75) is 32.1 Å². The Morgan fingerprint density at radius 1 is 1.24 bits per heavy atom. The highest BCUT2D eigenvalue weighted by Crippen LogP contribution is 2.27. The van der Waals surface area contributed by atoms with Gasteiger partial charge in [-0.25, -0.2) is 5.10 Å². The molecule has 4 rings (SSSR count). The first-order chi connectivity index (χ1) is 13.8. The minimum atomic E-state index is -4.30. The van der Waals surface area contributed by atoms with E-state index in [1.54, 1.807) is 16.8 Å². The van der Waals surface area contributed by atoms with Gasteiger partial charge in [0.2, 0.25) is 0 Å². The maximum Gasteiger partial charge on any atom is 0.394 e. The van der Waals surface area contributed by atoms with Crippen LogP contribution in [0.5, 0.6) is 0 Å². The van der Waals surface area contributed by atoms with E-state index in [1.165, 1.54) is 12.3 Å². The van der Waals surface area contributed by atoms with Gasteiger partial charge in [0.05, 0.1) is 36.2 Å². The number of pyridine rings is 1. The molecule has 0 aromatic carbocycles. The summed E-state index contributed by atoms with van der Waals surface area (Å²) in [5.74, 6) is 0. The van der Waals surface area contributed by atoms with Crippen molar-refractivity contribution >= 4 is 17.3 Å². The van der Waals surface area contributed by atoms with Crippen molar-refractivity contribution in [2.24, 2.45) is 0 Å². The number of aromatic nitrogens is 5. The van der Waals surface area contributed by atoms with Crippen molar-refractivity contribution in [3.8, 4) is 0 Å². The van der Waals surface area contributed by atoms with Crippen LogP contribution in [0.25, 0.3) is 0 Å². The van der Waals surface area contributed by atoms with E-state index < -0.39 is 18.2 Å². The number of anilines is 1. The molecule has 1 aliphatic rings. The molecule has 152 valence electrons. The Hall–Kier alpha value is -2.88. The molecule has 29 heavy (non-hydrogen) atoms. The van der Waals surface area contributed by atoms with Crippen LogP contribution in [0.2, 0.25) is 5.02 Å². The van der Waals surface area contributed by atoms with Gasteiger partial charge in [0.15, 0.2) is 0 Å². The van der Waals surface area contributed by atoms with Crippen molar-refractivity contribution in [2.75, 3.05) is 11.4 Å². The summed E-state index contributed by atoms with van der Waals surface area (Å²) in [5.41, 5.74) is 2.45. The number of alkyl halides is 3. The third-order valence-corrected chi connectivity index (χ3v) is 4.96. The number of hydrogen-bond acceptors (Lipinski definition) is 5. The normalized spacial score (nSPS) is 14.1. The monoisotopic (exact) mass is 424 g/mol. The molecule has 0 spiro atoms. The fourth-order valence-corrected chi connectivity index (χ4v) is 3.55. The van der Waals surface area contributed by atoms with Crippen LogP contribution in [0.1, 0.15) is 22.6 Å². The summed E-state index contributed by atoms with van der Waals surface area (Å²) in [7, 11) is 0. The van der Waals surface area contributed by atoms with Crippen molar-refractivity contribution < 1.29 is 13.2 Å². The Bertz CT molecular complexity index is 1090.